The molecule has 0 saturated carbocycles. The van der Waals surface area contributed by atoms with E-state index in [0.717, 1.165) is 15.8 Å². The van der Waals surface area contributed by atoms with Crippen LogP contribution in [0.1, 0.15) is 0 Å². The van der Waals surface area contributed by atoms with Gasteiger partial charge < -0.3 is 0 Å². The summed E-state index contributed by atoms with van der Waals surface area (Å²) in [6, 6.07) is 16.8. The summed E-state index contributed by atoms with van der Waals surface area (Å²) in [5, 5.41) is 4.65. The molecule has 0 aliphatic carbocycles. The fourth-order valence-corrected chi connectivity index (χ4v) is 4.85. The molecule has 2 aromatic heterocycles. The molecule has 4 rings (SSSR count). The van der Waals surface area contributed by atoms with Crippen LogP contribution in [0, 0.1) is 0 Å². The van der Waals surface area contributed by atoms with Crippen LogP contribution in [-0.2, 0) is 17.1 Å². The molecular formula is C17H14N4O2S2. The van der Waals surface area contributed by atoms with Crippen molar-refractivity contribution in [3.63, 3.8) is 0 Å². The molecule has 2 heterocycles. The number of para-hydroxylation sites is 1. The molecule has 0 spiro atoms. The number of fused-ring (bicyclic) bond motifs is 1. The average Bonchev–Trinajstić information content (AvgIpc) is 3.18. The van der Waals surface area contributed by atoms with Gasteiger partial charge in [-0.3, -0.25) is 9.40 Å². The Kier molecular flexibility index (Phi) is 3.78. The second-order valence-electron chi connectivity index (χ2n) is 5.47. The quantitative estimate of drug-likeness (QED) is 0.596. The van der Waals surface area contributed by atoms with E-state index in [2.05, 4.69) is 14.8 Å². The van der Waals surface area contributed by atoms with E-state index in [-0.39, 0.29) is 4.90 Å². The standard InChI is InChI=1S/C17H14N4O2S2/c1-21-11-15(16(19-21)12-7-3-2-4-8-12)25(22,23)20-17-18-13-9-5-6-10-14(13)24-17/h2-11H,1H3,(H,18,20). The predicted molar refractivity (Wildman–Crippen MR) is 99.1 cm³/mol. The van der Waals surface area contributed by atoms with E-state index in [0.29, 0.717) is 10.8 Å². The minimum Gasteiger partial charge on any atom is -0.274 e. The maximum atomic E-state index is 12.9. The molecule has 0 saturated heterocycles. The smallest absolute Gasteiger partial charge is 0.267 e. The van der Waals surface area contributed by atoms with Gasteiger partial charge in [0.15, 0.2) is 5.13 Å². The van der Waals surface area contributed by atoms with Gasteiger partial charge >= 0.3 is 0 Å². The zero-order chi connectivity index (χ0) is 17.4. The van der Waals surface area contributed by atoms with Crippen molar-refractivity contribution in [1.29, 1.82) is 0 Å². The number of sulfonamides is 1. The molecule has 1 N–H and O–H groups in total. The third-order valence-electron chi connectivity index (χ3n) is 3.65. The number of benzene rings is 2. The lowest BCUT2D eigenvalue weighted by molar-refractivity contribution is 0.601. The van der Waals surface area contributed by atoms with Crippen LogP contribution in [0.3, 0.4) is 0 Å². The normalized spacial score (nSPS) is 11.7. The fraction of sp³-hybridized carbons (Fsp3) is 0.0588. The van der Waals surface area contributed by atoms with Gasteiger partial charge in [-0.25, -0.2) is 13.4 Å². The third-order valence-corrected chi connectivity index (χ3v) is 6.07. The van der Waals surface area contributed by atoms with Crippen LogP contribution in [0.2, 0.25) is 0 Å². The number of nitrogens with one attached hydrogen (secondary N) is 1. The Morgan fingerprint density at radius 1 is 1.04 bits per heavy atom. The van der Waals surface area contributed by atoms with Gasteiger partial charge in [-0.15, -0.1) is 0 Å². The molecule has 126 valence electrons. The Morgan fingerprint density at radius 3 is 2.52 bits per heavy atom. The second kappa shape index (κ2) is 5.98. The zero-order valence-electron chi connectivity index (χ0n) is 13.2. The van der Waals surface area contributed by atoms with Crippen LogP contribution in [0.4, 0.5) is 5.13 Å². The van der Waals surface area contributed by atoms with Crippen molar-refractivity contribution in [2.24, 2.45) is 7.05 Å². The first-order valence-corrected chi connectivity index (χ1v) is 9.80. The molecule has 6 nitrogen and oxygen atoms in total. The topological polar surface area (TPSA) is 76.9 Å². The molecule has 8 heteroatoms. The lowest BCUT2D eigenvalue weighted by atomic mass is 10.2. The third kappa shape index (κ3) is 3.01. The van der Waals surface area contributed by atoms with Gasteiger partial charge in [-0.2, -0.15) is 5.10 Å². The number of thiazole rings is 1. The molecule has 0 fully saturated rings. The molecule has 0 bridgehead atoms. The van der Waals surface area contributed by atoms with Crippen molar-refractivity contribution in [1.82, 2.24) is 14.8 Å². The van der Waals surface area contributed by atoms with Crippen molar-refractivity contribution < 1.29 is 8.42 Å². The van der Waals surface area contributed by atoms with E-state index in [1.54, 1.807) is 7.05 Å². The molecule has 0 aliphatic rings. The van der Waals surface area contributed by atoms with Crippen LogP contribution in [0.5, 0.6) is 0 Å². The monoisotopic (exact) mass is 370 g/mol. The minimum atomic E-state index is -3.80. The molecule has 4 aromatic rings. The molecule has 2 aromatic carbocycles. The van der Waals surface area contributed by atoms with Crippen LogP contribution in [0.25, 0.3) is 21.5 Å². The van der Waals surface area contributed by atoms with Gasteiger partial charge in [0.1, 0.15) is 10.6 Å². The predicted octanol–water partition coefficient (Wildman–Crippen LogP) is 3.50. The summed E-state index contributed by atoms with van der Waals surface area (Å²) in [5.74, 6) is 0. The second-order valence-corrected chi connectivity index (χ2v) is 8.16. The number of hydrogen-bond acceptors (Lipinski definition) is 5. The summed E-state index contributed by atoms with van der Waals surface area (Å²) < 4.78 is 30.8. The van der Waals surface area contributed by atoms with Crippen LogP contribution < -0.4 is 4.72 Å². The van der Waals surface area contributed by atoms with E-state index in [9.17, 15) is 8.42 Å². The largest absolute Gasteiger partial charge is 0.274 e. The average molecular weight is 370 g/mol. The van der Waals surface area contributed by atoms with E-state index >= 15 is 0 Å². The number of rotatable bonds is 4. The highest BCUT2D eigenvalue weighted by molar-refractivity contribution is 7.93. The highest BCUT2D eigenvalue weighted by atomic mass is 32.2. The van der Waals surface area contributed by atoms with E-state index in [4.69, 9.17) is 0 Å². The zero-order valence-corrected chi connectivity index (χ0v) is 14.9. The molecule has 0 atom stereocenters. The van der Waals surface area contributed by atoms with Crippen LogP contribution >= 0.6 is 11.3 Å². The van der Waals surface area contributed by atoms with Gasteiger partial charge in [0.2, 0.25) is 0 Å². The maximum Gasteiger partial charge on any atom is 0.267 e. The molecular weight excluding hydrogens is 356 g/mol. The Hall–Kier alpha value is -2.71. The Balaban J connectivity index is 1.76. The first-order valence-electron chi connectivity index (χ1n) is 7.50. The van der Waals surface area contributed by atoms with Gasteiger partial charge in [0.05, 0.1) is 10.2 Å². The number of nitrogens with zero attached hydrogens (tertiary/aromatic N) is 3. The van der Waals surface area contributed by atoms with Crippen molar-refractivity contribution >= 4 is 36.7 Å². The van der Waals surface area contributed by atoms with Crippen molar-refractivity contribution in [2.45, 2.75) is 4.90 Å². The van der Waals surface area contributed by atoms with Gasteiger partial charge in [0.25, 0.3) is 10.0 Å². The summed E-state index contributed by atoms with van der Waals surface area (Å²) in [6.45, 7) is 0. The number of aromatic nitrogens is 3. The maximum absolute atomic E-state index is 12.9. The summed E-state index contributed by atoms with van der Waals surface area (Å²) in [5.41, 5.74) is 1.92. The van der Waals surface area contributed by atoms with Gasteiger partial charge in [0, 0.05) is 18.8 Å². The Labute approximate surface area is 148 Å². The number of hydrogen-bond donors (Lipinski definition) is 1. The van der Waals surface area contributed by atoms with Crippen molar-refractivity contribution in [3.8, 4) is 11.3 Å². The Bertz CT molecular complexity index is 1110. The molecule has 0 aliphatic heterocycles. The lowest BCUT2D eigenvalue weighted by Gasteiger charge is -2.05. The highest BCUT2D eigenvalue weighted by Crippen LogP contribution is 2.30. The molecule has 0 radical (unpaired) electrons. The van der Waals surface area contributed by atoms with Crippen LogP contribution in [-0.4, -0.2) is 23.2 Å². The van der Waals surface area contributed by atoms with E-state index in [1.165, 1.54) is 22.2 Å². The molecule has 0 unspecified atom stereocenters. The Morgan fingerprint density at radius 2 is 1.76 bits per heavy atom. The SMILES string of the molecule is Cn1cc(S(=O)(=O)Nc2nc3ccccc3s2)c(-c2ccccc2)n1. The highest BCUT2D eigenvalue weighted by Gasteiger charge is 2.24. The summed E-state index contributed by atoms with van der Waals surface area (Å²) in [4.78, 5) is 4.46. The first kappa shape index (κ1) is 15.8. The summed E-state index contributed by atoms with van der Waals surface area (Å²) in [7, 11) is -2.11. The summed E-state index contributed by atoms with van der Waals surface area (Å²) in [6.07, 6.45) is 1.50. The minimum absolute atomic E-state index is 0.125. The van der Waals surface area contributed by atoms with Crippen molar-refractivity contribution in [3.05, 3.63) is 60.8 Å². The number of aryl methyl sites for hydroxylation is 1. The van der Waals surface area contributed by atoms with Gasteiger partial charge in [-0.05, 0) is 12.1 Å². The van der Waals surface area contributed by atoms with Crippen molar-refractivity contribution in [2.75, 3.05) is 4.72 Å². The molecule has 0 amide bonds. The first-order chi connectivity index (χ1) is 12.0. The lowest BCUT2D eigenvalue weighted by Crippen LogP contribution is -2.13. The fourth-order valence-electron chi connectivity index (χ4n) is 2.55. The van der Waals surface area contributed by atoms with Crippen LogP contribution in [0.15, 0.2) is 65.7 Å². The molecule has 25 heavy (non-hydrogen) atoms. The number of anilines is 1. The van der Waals surface area contributed by atoms with Gasteiger partial charge in [-0.1, -0.05) is 53.8 Å². The van der Waals surface area contributed by atoms with E-state index < -0.39 is 10.0 Å². The van der Waals surface area contributed by atoms with E-state index in [1.807, 2.05) is 54.6 Å². The summed E-state index contributed by atoms with van der Waals surface area (Å²) >= 11 is 1.30.